The zero-order valence-corrected chi connectivity index (χ0v) is 13.4. The molecule has 0 atom stereocenters. The molecule has 0 spiro atoms. The van der Waals surface area contributed by atoms with Gasteiger partial charge in [-0.05, 0) is 48.2 Å². The fraction of sp³-hybridized carbons (Fsp3) is 0.235. The van der Waals surface area contributed by atoms with Crippen LogP contribution in [-0.4, -0.2) is 26.3 Å². The van der Waals surface area contributed by atoms with E-state index in [1.54, 1.807) is 11.8 Å². The van der Waals surface area contributed by atoms with Gasteiger partial charge in [0.05, 0.1) is 0 Å². The van der Waals surface area contributed by atoms with Gasteiger partial charge in [-0.25, -0.2) is 0 Å². The summed E-state index contributed by atoms with van der Waals surface area (Å²) in [7, 11) is 3.98. The SMILES string of the molecule is CSCc1ccc(C(=O)Nc2ccc(N(C)C)cc2)cc1. The third-order valence-corrected chi connectivity index (χ3v) is 3.79. The third kappa shape index (κ3) is 4.26. The minimum absolute atomic E-state index is 0.0803. The first-order valence-electron chi connectivity index (χ1n) is 6.77. The van der Waals surface area contributed by atoms with E-state index >= 15 is 0 Å². The topological polar surface area (TPSA) is 32.3 Å². The van der Waals surface area contributed by atoms with Crippen LogP contribution >= 0.6 is 11.8 Å². The summed E-state index contributed by atoms with van der Waals surface area (Å²) >= 11 is 1.77. The minimum atomic E-state index is -0.0803. The lowest BCUT2D eigenvalue weighted by Crippen LogP contribution is -2.12. The Morgan fingerprint density at radius 2 is 1.67 bits per heavy atom. The number of nitrogens with zero attached hydrogens (tertiary/aromatic N) is 1. The lowest BCUT2D eigenvalue weighted by atomic mass is 10.1. The second-order valence-electron chi connectivity index (χ2n) is 5.03. The van der Waals surface area contributed by atoms with Crippen molar-refractivity contribution in [2.75, 3.05) is 30.6 Å². The largest absolute Gasteiger partial charge is 0.378 e. The van der Waals surface area contributed by atoms with Crippen LogP contribution in [0, 0.1) is 0 Å². The molecule has 0 saturated heterocycles. The van der Waals surface area contributed by atoms with Gasteiger partial charge in [-0.3, -0.25) is 4.79 Å². The van der Waals surface area contributed by atoms with Crippen LogP contribution in [0.5, 0.6) is 0 Å². The molecule has 2 rings (SSSR count). The molecular weight excluding hydrogens is 280 g/mol. The molecule has 0 aliphatic carbocycles. The molecule has 110 valence electrons. The molecule has 0 aromatic heterocycles. The molecule has 3 nitrogen and oxygen atoms in total. The molecule has 4 heteroatoms. The number of thioether (sulfide) groups is 1. The van der Waals surface area contributed by atoms with Gasteiger partial charge in [-0.15, -0.1) is 0 Å². The van der Waals surface area contributed by atoms with Crippen molar-refractivity contribution in [1.82, 2.24) is 0 Å². The molecule has 1 N–H and O–H groups in total. The van der Waals surface area contributed by atoms with Crippen LogP contribution in [0.1, 0.15) is 15.9 Å². The van der Waals surface area contributed by atoms with Crippen molar-refractivity contribution < 1.29 is 4.79 Å². The number of hydrogen-bond donors (Lipinski definition) is 1. The van der Waals surface area contributed by atoms with Gasteiger partial charge in [0.1, 0.15) is 0 Å². The average molecular weight is 300 g/mol. The Kier molecular flexibility index (Phi) is 5.28. The number of nitrogens with one attached hydrogen (secondary N) is 1. The highest BCUT2D eigenvalue weighted by Crippen LogP contribution is 2.17. The highest BCUT2D eigenvalue weighted by molar-refractivity contribution is 7.97. The van der Waals surface area contributed by atoms with Gasteiger partial charge in [-0.1, -0.05) is 12.1 Å². The molecule has 21 heavy (non-hydrogen) atoms. The second-order valence-corrected chi connectivity index (χ2v) is 5.89. The van der Waals surface area contributed by atoms with E-state index in [0.29, 0.717) is 5.56 Å². The number of carbonyl (C=O) groups is 1. The number of carbonyl (C=O) groups excluding carboxylic acids is 1. The van der Waals surface area contributed by atoms with Crippen molar-refractivity contribution >= 4 is 29.0 Å². The number of rotatable bonds is 5. The molecule has 0 unspecified atom stereocenters. The molecule has 2 aromatic carbocycles. The first-order chi connectivity index (χ1) is 10.1. The highest BCUT2D eigenvalue weighted by Gasteiger charge is 2.06. The zero-order chi connectivity index (χ0) is 15.2. The molecular formula is C17H20N2OS. The summed E-state index contributed by atoms with van der Waals surface area (Å²) in [6.07, 6.45) is 2.07. The van der Waals surface area contributed by atoms with Crippen molar-refractivity contribution in [2.45, 2.75) is 5.75 Å². The third-order valence-electron chi connectivity index (χ3n) is 3.17. The maximum Gasteiger partial charge on any atom is 0.255 e. The van der Waals surface area contributed by atoms with Crippen molar-refractivity contribution in [2.24, 2.45) is 0 Å². The number of amides is 1. The van der Waals surface area contributed by atoms with Gasteiger partial charge in [0.25, 0.3) is 5.91 Å². The fourth-order valence-corrected chi connectivity index (χ4v) is 2.49. The summed E-state index contributed by atoms with van der Waals surface area (Å²) in [5.41, 5.74) is 3.82. The second kappa shape index (κ2) is 7.18. The van der Waals surface area contributed by atoms with Gasteiger partial charge < -0.3 is 10.2 Å². The number of benzene rings is 2. The summed E-state index contributed by atoms with van der Waals surface area (Å²) in [6, 6.07) is 15.5. The van der Waals surface area contributed by atoms with Crippen molar-refractivity contribution in [3.05, 3.63) is 59.7 Å². The summed E-state index contributed by atoms with van der Waals surface area (Å²) in [5, 5.41) is 2.91. The summed E-state index contributed by atoms with van der Waals surface area (Å²) < 4.78 is 0. The highest BCUT2D eigenvalue weighted by atomic mass is 32.2. The summed E-state index contributed by atoms with van der Waals surface area (Å²) in [4.78, 5) is 14.2. The predicted octanol–water partition coefficient (Wildman–Crippen LogP) is 3.87. The Morgan fingerprint density at radius 1 is 1.05 bits per heavy atom. The van der Waals surface area contributed by atoms with Gasteiger partial charge in [0, 0.05) is 36.8 Å². The Labute approximate surface area is 130 Å². The van der Waals surface area contributed by atoms with Crippen LogP contribution in [0.25, 0.3) is 0 Å². The van der Waals surface area contributed by atoms with Crippen LogP contribution in [0.2, 0.25) is 0 Å². The normalized spacial score (nSPS) is 10.2. The van der Waals surface area contributed by atoms with Crippen LogP contribution in [0.4, 0.5) is 11.4 Å². The van der Waals surface area contributed by atoms with Crippen molar-refractivity contribution in [3.63, 3.8) is 0 Å². The Hall–Kier alpha value is -1.94. The standard InChI is InChI=1S/C17H20N2OS/c1-19(2)16-10-8-15(9-11-16)18-17(20)14-6-4-13(5-7-14)12-21-3/h4-11H,12H2,1-3H3,(H,18,20). The Bertz CT molecular complexity index is 591. The first kappa shape index (κ1) is 15.4. The van der Waals surface area contributed by atoms with E-state index in [9.17, 15) is 4.79 Å². The van der Waals surface area contributed by atoms with Gasteiger partial charge >= 0.3 is 0 Å². The molecule has 0 saturated carbocycles. The average Bonchev–Trinajstić information content (AvgIpc) is 2.49. The molecule has 0 fully saturated rings. The number of anilines is 2. The van der Waals surface area contributed by atoms with E-state index in [-0.39, 0.29) is 5.91 Å². The maximum absolute atomic E-state index is 12.2. The minimum Gasteiger partial charge on any atom is -0.378 e. The van der Waals surface area contributed by atoms with Gasteiger partial charge in [-0.2, -0.15) is 11.8 Å². The van der Waals surface area contributed by atoms with Gasteiger partial charge in [0.2, 0.25) is 0 Å². The van der Waals surface area contributed by atoms with Crippen LogP contribution in [0.3, 0.4) is 0 Å². The summed E-state index contributed by atoms with van der Waals surface area (Å²) in [5.74, 6) is 0.886. The Morgan fingerprint density at radius 3 is 2.19 bits per heavy atom. The lowest BCUT2D eigenvalue weighted by molar-refractivity contribution is 0.102. The molecule has 1 amide bonds. The Balaban J connectivity index is 2.03. The van der Waals surface area contributed by atoms with Crippen LogP contribution < -0.4 is 10.2 Å². The van der Waals surface area contributed by atoms with E-state index < -0.39 is 0 Å². The number of hydrogen-bond acceptors (Lipinski definition) is 3. The molecule has 0 bridgehead atoms. The molecule has 0 heterocycles. The zero-order valence-electron chi connectivity index (χ0n) is 12.6. The van der Waals surface area contributed by atoms with E-state index in [1.165, 1.54) is 5.56 Å². The van der Waals surface area contributed by atoms with Gasteiger partial charge in [0.15, 0.2) is 0 Å². The smallest absolute Gasteiger partial charge is 0.255 e. The molecule has 2 aromatic rings. The van der Waals surface area contributed by atoms with E-state index in [1.807, 2.05) is 67.5 Å². The first-order valence-corrected chi connectivity index (χ1v) is 8.16. The predicted molar refractivity (Wildman–Crippen MR) is 92.4 cm³/mol. The maximum atomic E-state index is 12.2. The van der Waals surface area contributed by atoms with E-state index in [4.69, 9.17) is 0 Å². The lowest BCUT2D eigenvalue weighted by Gasteiger charge is -2.13. The van der Waals surface area contributed by atoms with Crippen molar-refractivity contribution in [3.8, 4) is 0 Å². The van der Waals surface area contributed by atoms with Crippen LogP contribution in [0.15, 0.2) is 48.5 Å². The fourth-order valence-electron chi connectivity index (χ4n) is 1.97. The van der Waals surface area contributed by atoms with E-state index in [0.717, 1.165) is 17.1 Å². The molecule has 0 radical (unpaired) electrons. The van der Waals surface area contributed by atoms with Crippen LogP contribution in [-0.2, 0) is 5.75 Å². The molecule has 0 aliphatic rings. The quantitative estimate of drug-likeness (QED) is 0.910. The monoisotopic (exact) mass is 300 g/mol. The molecule has 0 aliphatic heterocycles. The van der Waals surface area contributed by atoms with Crippen molar-refractivity contribution in [1.29, 1.82) is 0 Å². The summed E-state index contributed by atoms with van der Waals surface area (Å²) in [6.45, 7) is 0. The van der Waals surface area contributed by atoms with E-state index in [2.05, 4.69) is 11.6 Å².